The molecular weight excluding hydrogens is 450 g/mol. The Morgan fingerprint density at radius 2 is 1.74 bits per heavy atom. The standard InChI is InChI=1S/C27H32ClN3O3/c1-27(2,3)16-25(32)31(18-21-9-8-14-34-21)17-19-15-20(12-13-24(19)30(4)5)29-26(33)22-10-6-7-11-23(22)28/h6-15H,16-18H2,1-5H3,(H,29,33). The molecule has 0 spiro atoms. The molecule has 0 saturated heterocycles. The van der Waals surface area contributed by atoms with E-state index in [2.05, 4.69) is 5.32 Å². The van der Waals surface area contributed by atoms with E-state index in [1.807, 2.05) is 70.1 Å². The van der Waals surface area contributed by atoms with Gasteiger partial charge in [-0.2, -0.15) is 0 Å². The van der Waals surface area contributed by atoms with Gasteiger partial charge in [-0.3, -0.25) is 9.59 Å². The minimum atomic E-state index is -0.287. The highest BCUT2D eigenvalue weighted by atomic mass is 35.5. The minimum absolute atomic E-state index is 0.0408. The van der Waals surface area contributed by atoms with Gasteiger partial charge < -0.3 is 19.5 Å². The molecule has 0 fully saturated rings. The van der Waals surface area contributed by atoms with E-state index >= 15 is 0 Å². The number of hydrogen-bond acceptors (Lipinski definition) is 4. The van der Waals surface area contributed by atoms with Gasteiger partial charge >= 0.3 is 0 Å². The molecule has 0 radical (unpaired) electrons. The normalized spacial score (nSPS) is 11.2. The summed E-state index contributed by atoms with van der Waals surface area (Å²) in [5.74, 6) is 0.473. The van der Waals surface area contributed by atoms with Crippen LogP contribution in [0.15, 0.2) is 65.3 Å². The molecule has 1 N–H and O–H groups in total. The lowest BCUT2D eigenvalue weighted by molar-refractivity contribution is -0.134. The number of amides is 2. The quantitative estimate of drug-likeness (QED) is 0.415. The number of anilines is 2. The highest BCUT2D eigenvalue weighted by Gasteiger charge is 2.24. The molecule has 0 unspecified atom stereocenters. The Balaban J connectivity index is 1.90. The van der Waals surface area contributed by atoms with Crippen LogP contribution >= 0.6 is 11.6 Å². The summed E-state index contributed by atoms with van der Waals surface area (Å²) in [5.41, 5.74) is 2.77. The summed E-state index contributed by atoms with van der Waals surface area (Å²) >= 11 is 6.19. The van der Waals surface area contributed by atoms with Gasteiger partial charge in [-0.25, -0.2) is 0 Å². The van der Waals surface area contributed by atoms with Gasteiger partial charge in [-0.15, -0.1) is 0 Å². The van der Waals surface area contributed by atoms with Crippen LogP contribution in [0.25, 0.3) is 0 Å². The third-order valence-electron chi connectivity index (χ3n) is 5.26. The molecule has 0 aliphatic rings. The van der Waals surface area contributed by atoms with E-state index in [9.17, 15) is 9.59 Å². The molecular formula is C27H32ClN3O3. The van der Waals surface area contributed by atoms with Gasteiger partial charge in [0.25, 0.3) is 5.91 Å². The van der Waals surface area contributed by atoms with Crippen molar-refractivity contribution in [3.8, 4) is 0 Å². The zero-order valence-electron chi connectivity index (χ0n) is 20.4. The van der Waals surface area contributed by atoms with Crippen molar-refractivity contribution in [2.45, 2.75) is 40.3 Å². The topological polar surface area (TPSA) is 65.8 Å². The Bertz CT molecular complexity index is 1130. The van der Waals surface area contributed by atoms with Gasteiger partial charge in [0, 0.05) is 38.4 Å². The van der Waals surface area contributed by atoms with E-state index in [0.717, 1.165) is 17.0 Å². The number of nitrogens with one attached hydrogen (secondary N) is 1. The van der Waals surface area contributed by atoms with Crippen LogP contribution in [0.5, 0.6) is 0 Å². The van der Waals surface area contributed by atoms with Gasteiger partial charge in [-0.05, 0) is 53.4 Å². The predicted molar refractivity (Wildman–Crippen MR) is 137 cm³/mol. The maximum atomic E-state index is 13.2. The highest BCUT2D eigenvalue weighted by Crippen LogP contribution is 2.28. The van der Waals surface area contributed by atoms with E-state index in [-0.39, 0.29) is 17.2 Å². The molecule has 180 valence electrons. The molecule has 2 amide bonds. The van der Waals surface area contributed by atoms with Gasteiger partial charge in [0.1, 0.15) is 5.76 Å². The lowest BCUT2D eigenvalue weighted by atomic mass is 9.91. The summed E-state index contributed by atoms with van der Waals surface area (Å²) in [4.78, 5) is 29.8. The zero-order chi connectivity index (χ0) is 24.9. The molecule has 1 aromatic heterocycles. The molecule has 34 heavy (non-hydrogen) atoms. The van der Waals surface area contributed by atoms with E-state index in [4.69, 9.17) is 16.0 Å². The van der Waals surface area contributed by atoms with Crippen molar-refractivity contribution < 1.29 is 14.0 Å². The molecule has 0 saturated carbocycles. The smallest absolute Gasteiger partial charge is 0.257 e. The van der Waals surface area contributed by atoms with Crippen LogP contribution < -0.4 is 10.2 Å². The molecule has 0 bridgehead atoms. The Morgan fingerprint density at radius 3 is 2.35 bits per heavy atom. The Morgan fingerprint density at radius 1 is 1.00 bits per heavy atom. The van der Waals surface area contributed by atoms with Crippen LogP contribution in [-0.2, 0) is 17.9 Å². The van der Waals surface area contributed by atoms with Crippen molar-refractivity contribution in [1.82, 2.24) is 4.90 Å². The second kappa shape index (κ2) is 10.8. The number of nitrogens with zero attached hydrogens (tertiary/aromatic N) is 2. The highest BCUT2D eigenvalue weighted by molar-refractivity contribution is 6.34. The van der Waals surface area contributed by atoms with Gasteiger partial charge in [-0.1, -0.05) is 44.5 Å². The monoisotopic (exact) mass is 481 g/mol. The third kappa shape index (κ3) is 6.87. The minimum Gasteiger partial charge on any atom is -0.467 e. The fraction of sp³-hybridized carbons (Fsp3) is 0.333. The fourth-order valence-electron chi connectivity index (χ4n) is 3.66. The number of furan rings is 1. The number of rotatable bonds is 8. The van der Waals surface area contributed by atoms with Gasteiger partial charge in [0.05, 0.1) is 23.4 Å². The van der Waals surface area contributed by atoms with Crippen LogP contribution in [0.3, 0.4) is 0 Å². The van der Waals surface area contributed by atoms with Gasteiger partial charge in [0.2, 0.25) is 5.91 Å². The molecule has 0 aliphatic heterocycles. The number of hydrogen-bond donors (Lipinski definition) is 1. The molecule has 0 aliphatic carbocycles. The molecule has 6 nitrogen and oxygen atoms in total. The van der Waals surface area contributed by atoms with E-state index in [0.29, 0.717) is 35.8 Å². The Hall–Kier alpha value is -3.25. The number of benzene rings is 2. The first kappa shape index (κ1) is 25.4. The van der Waals surface area contributed by atoms with Crippen molar-refractivity contribution in [3.05, 3.63) is 82.8 Å². The maximum absolute atomic E-state index is 13.2. The van der Waals surface area contributed by atoms with Crippen molar-refractivity contribution in [2.24, 2.45) is 5.41 Å². The predicted octanol–water partition coefficient (Wildman–Crippen LogP) is 6.22. The van der Waals surface area contributed by atoms with Crippen LogP contribution in [0.4, 0.5) is 11.4 Å². The lowest BCUT2D eigenvalue weighted by Crippen LogP contribution is -2.33. The molecule has 7 heteroatoms. The molecule has 3 aromatic rings. The van der Waals surface area contributed by atoms with Crippen LogP contribution in [0.1, 0.15) is 48.9 Å². The lowest BCUT2D eigenvalue weighted by Gasteiger charge is -2.28. The zero-order valence-corrected chi connectivity index (χ0v) is 21.1. The summed E-state index contributed by atoms with van der Waals surface area (Å²) < 4.78 is 5.52. The van der Waals surface area contributed by atoms with Crippen LogP contribution in [0.2, 0.25) is 5.02 Å². The first-order chi connectivity index (χ1) is 16.0. The largest absolute Gasteiger partial charge is 0.467 e. The fourth-order valence-corrected chi connectivity index (χ4v) is 3.89. The van der Waals surface area contributed by atoms with Crippen molar-refractivity contribution in [3.63, 3.8) is 0 Å². The van der Waals surface area contributed by atoms with Crippen molar-refractivity contribution >= 4 is 34.8 Å². The van der Waals surface area contributed by atoms with E-state index in [1.165, 1.54) is 0 Å². The summed E-state index contributed by atoms with van der Waals surface area (Å²) in [6.07, 6.45) is 2.02. The maximum Gasteiger partial charge on any atom is 0.257 e. The summed E-state index contributed by atoms with van der Waals surface area (Å²) in [7, 11) is 3.91. The molecule has 3 rings (SSSR count). The molecule has 2 aromatic carbocycles. The number of carbonyl (C=O) groups is 2. The average molecular weight is 482 g/mol. The Labute approximate surface area is 206 Å². The summed E-state index contributed by atoms with van der Waals surface area (Å²) in [6.45, 7) is 6.88. The second-order valence-corrected chi connectivity index (χ2v) is 10.1. The molecule has 0 atom stereocenters. The summed E-state index contributed by atoms with van der Waals surface area (Å²) in [5, 5.41) is 3.32. The average Bonchev–Trinajstić information content (AvgIpc) is 3.25. The van der Waals surface area contributed by atoms with Gasteiger partial charge in [0.15, 0.2) is 0 Å². The Kier molecular flexibility index (Phi) is 8.05. The first-order valence-corrected chi connectivity index (χ1v) is 11.6. The summed E-state index contributed by atoms with van der Waals surface area (Å²) in [6, 6.07) is 16.3. The SMILES string of the molecule is CN(C)c1ccc(NC(=O)c2ccccc2Cl)cc1CN(Cc1ccco1)C(=O)CC(C)(C)C. The van der Waals surface area contributed by atoms with Crippen molar-refractivity contribution in [2.75, 3.05) is 24.3 Å². The number of halogens is 1. The van der Waals surface area contributed by atoms with Crippen LogP contribution in [-0.4, -0.2) is 30.8 Å². The number of carbonyl (C=O) groups excluding carboxylic acids is 2. The van der Waals surface area contributed by atoms with E-state index < -0.39 is 0 Å². The van der Waals surface area contributed by atoms with Crippen molar-refractivity contribution in [1.29, 1.82) is 0 Å². The van der Waals surface area contributed by atoms with Crippen LogP contribution in [0, 0.1) is 5.41 Å². The molecule has 1 heterocycles. The second-order valence-electron chi connectivity index (χ2n) is 9.74. The first-order valence-electron chi connectivity index (χ1n) is 11.2. The van der Waals surface area contributed by atoms with E-state index in [1.54, 1.807) is 35.4 Å². The third-order valence-corrected chi connectivity index (χ3v) is 5.59.